The highest BCUT2D eigenvalue weighted by Crippen LogP contribution is 2.16. The van der Waals surface area contributed by atoms with Gasteiger partial charge in [0, 0.05) is 13.1 Å². The van der Waals surface area contributed by atoms with Crippen LogP contribution in [0.15, 0.2) is 24.3 Å². The summed E-state index contributed by atoms with van der Waals surface area (Å²) in [5.41, 5.74) is 2.22. The van der Waals surface area contributed by atoms with Gasteiger partial charge in [-0.05, 0) is 17.5 Å². The first-order valence-electron chi connectivity index (χ1n) is 6.12. The number of carbonyl (C=O) groups excluding carboxylic acids is 1. The molecule has 6 heteroatoms. The van der Waals surface area contributed by atoms with Crippen molar-refractivity contribution >= 4 is 5.91 Å². The van der Waals surface area contributed by atoms with Crippen LogP contribution in [0.1, 0.15) is 11.1 Å². The maximum Gasteiger partial charge on any atom is 0.265 e. The number of carbonyl (C=O) groups is 1. The molecule has 1 aliphatic rings. The van der Waals surface area contributed by atoms with Crippen molar-refractivity contribution < 1.29 is 18.7 Å². The second-order valence-electron chi connectivity index (χ2n) is 4.55. The first-order chi connectivity index (χ1) is 9.08. The number of benzene rings is 1. The summed E-state index contributed by atoms with van der Waals surface area (Å²) in [6, 6.07) is 7.32. The molecule has 1 amide bonds. The Hall–Kier alpha value is -1.53. The Bertz CT molecular complexity index is 454. The van der Waals surface area contributed by atoms with Crippen LogP contribution in [0.25, 0.3) is 0 Å². The number of hydrogen-bond donors (Lipinski definition) is 3. The van der Waals surface area contributed by atoms with Gasteiger partial charge in [0.15, 0.2) is 0 Å². The lowest BCUT2D eigenvalue weighted by Crippen LogP contribution is -2.49. The second kappa shape index (κ2) is 6.08. The van der Waals surface area contributed by atoms with Gasteiger partial charge in [-0.2, -0.15) is 0 Å². The van der Waals surface area contributed by atoms with Gasteiger partial charge in [0.25, 0.3) is 6.43 Å². The van der Waals surface area contributed by atoms with E-state index in [4.69, 9.17) is 5.11 Å². The predicted octanol–water partition coefficient (Wildman–Crippen LogP) is 0.443. The number of hydrogen-bond acceptors (Lipinski definition) is 3. The molecule has 2 unspecified atom stereocenters. The van der Waals surface area contributed by atoms with Crippen LogP contribution in [0.4, 0.5) is 8.78 Å². The van der Waals surface area contributed by atoms with Gasteiger partial charge in [0.2, 0.25) is 5.91 Å². The summed E-state index contributed by atoms with van der Waals surface area (Å²) in [7, 11) is 0. The molecule has 0 aliphatic carbocycles. The van der Waals surface area contributed by atoms with Gasteiger partial charge in [-0.1, -0.05) is 24.3 Å². The molecular weight excluding hydrogens is 254 g/mol. The lowest BCUT2D eigenvalue weighted by molar-refractivity contribution is -0.124. The number of alkyl halides is 2. The molecule has 104 valence electrons. The van der Waals surface area contributed by atoms with E-state index >= 15 is 0 Å². The lowest BCUT2D eigenvalue weighted by Gasteiger charge is -2.25. The third kappa shape index (κ3) is 3.48. The van der Waals surface area contributed by atoms with Gasteiger partial charge in [0.05, 0.1) is 6.04 Å². The van der Waals surface area contributed by atoms with Crippen molar-refractivity contribution in [3.63, 3.8) is 0 Å². The molecule has 0 saturated carbocycles. The average molecular weight is 270 g/mol. The highest BCUT2D eigenvalue weighted by Gasteiger charge is 2.25. The van der Waals surface area contributed by atoms with Gasteiger partial charge in [-0.25, -0.2) is 8.78 Å². The van der Waals surface area contributed by atoms with Gasteiger partial charge in [-0.3, -0.25) is 4.79 Å². The minimum atomic E-state index is -2.85. The molecule has 19 heavy (non-hydrogen) atoms. The molecule has 0 bridgehead atoms. The number of amides is 1. The number of nitrogens with one attached hydrogen (secondary N) is 2. The molecule has 0 fully saturated rings. The van der Waals surface area contributed by atoms with Crippen molar-refractivity contribution in [3.8, 4) is 0 Å². The Morgan fingerprint density at radius 1 is 1.42 bits per heavy atom. The maximum absolute atomic E-state index is 12.1. The molecule has 0 aromatic heterocycles. The number of halogens is 2. The van der Waals surface area contributed by atoms with Gasteiger partial charge in [0.1, 0.15) is 6.10 Å². The van der Waals surface area contributed by atoms with Crippen LogP contribution in [0.3, 0.4) is 0 Å². The van der Waals surface area contributed by atoms with Crippen LogP contribution < -0.4 is 10.6 Å². The number of fused-ring (bicyclic) bond motifs is 1. The van der Waals surface area contributed by atoms with E-state index in [1.165, 1.54) is 0 Å². The smallest absolute Gasteiger partial charge is 0.265 e. The minimum Gasteiger partial charge on any atom is -0.385 e. The first-order valence-corrected chi connectivity index (χ1v) is 6.12. The fourth-order valence-corrected chi connectivity index (χ4v) is 2.06. The maximum atomic E-state index is 12.1. The van der Waals surface area contributed by atoms with Crippen molar-refractivity contribution in [3.05, 3.63) is 35.4 Å². The van der Waals surface area contributed by atoms with Gasteiger partial charge in [-0.15, -0.1) is 0 Å². The Balaban J connectivity index is 1.89. The summed E-state index contributed by atoms with van der Waals surface area (Å²) < 4.78 is 24.2. The van der Waals surface area contributed by atoms with Crippen molar-refractivity contribution in [1.82, 2.24) is 10.6 Å². The zero-order valence-electron chi connectivity index (χ0n) is 10.3. The van der Waals surface area contributed by atoms with E-state index in [1.807, 2.05) is 24.3 Å². The summed E-state index contributed by atoms with van der Waals surface area (Å²) in [6.07, 6.45) is -4.15. The van der Waals surface area contributed by atoms with Crippen molar-refractivity contribution in [1.29, 1.82) is 0 Å². The molecule has 0 radical (unpaired) electrons. The van der Waals surface area contributed by atoms with E-state index in [-0.39, 0.29) is 5.91 Å². The van der Waals surface area contributed by atoms with Crippen LogP contribution >= 0.6 is 0 Å². The standard InChI is InChI=1S/C13H16F2N2O2/c14-12(15)11(18)7-17-13(19)10-5-8-3-1-2-4-9(8)6-16-10/h1-4,10-12,16,18H,5-7H2,(H,17,19). The largest absolute Gasteiger partial charge is 0.385 e. The van der Waals surface area contributed by atoms with E-state index in [0.717, 1.165) is 11.1 Å². The van der Waals surface area contributed by atoms with Crippen LogP contribution in [0, 0.1) is 0 Å². The van der Waals surface area contributed by atoms with Crippen LogP contribution in [0.5, 0.6) is 0 Å². The zero-order chi connectivity index (χ0) is 13.8. The Morgan fingerprint density at radius 2 is 2.11 bits per heavy atom. The zero-order valence-corrected chi connectivity index (χ0v) is 10.3. The summed E-state index contributed by atoms with van der Waals surface area (Å²) in [5, 5.41) is 14.3. The number of aliphatic hydroxyl groups is 1. The van der Waals surface area contributed by atoms with Crippen LogP contribution in [-0.4, -0.2) is 36.1 Å². The number of aliphatic hydroxyl groups excluding tert-OH is 1. The third-order valence-electron chi connectivity index (χ3n) is 3.17. The normalized spacial score (nSPS) is 19.9. The molecule has 4 nitrogen and oxygen atoms in total. The highest BCUT2D eigenvalue weighted by molar-refractivity contribution is 5.82. The lowest BCUT2D eigenvalue weighted by atomic mass is 9.95. The fraction of sp³-hybridized carbons (Fsp3) is 0.462. The average Bonchev–Trinajstić information content (AvgIpc) is 2.43. The predicted molar refractivity (Wildman–Crippen MR) is 65.8 cm³/mol. The molecule has 1 aromatic rings. The van der Waals surface area contributed by atoms with Crippen molar-refractivity contribution in [2.45, 2.75) is 31.5 Å². The SMILES string of the molecule is O=C(NCC(O)C(F)F)C1Cc2ccccc2CN1. The molecule has 0 saturated heterocycles. The molecule has 3 N–H and O–H groups in total. The molecule has 2 rings (SSSR count). The summed E-state index contributed by atoms with van der Waals surface area (Å²) >= 11 is 0. The monoisotopic (exact) mass is 270 g/mol. The van der Waals surface area contributed by atoms with E-state index < -0.39 is 25.1 Å². The second-order valence-corrected chi connectivity index (χ2v) is 4.55. The van der Waals surface area contributed by atoms with Crippen molar-refractivity contribution in [2.75, 3.05) is 6.54 Å². The summed E-state index contributed by atoms with van der Waals surface area (Å²) in [5.74, 6) is -0.366. The summed E-state index contributed by atoms with van der Waals surface area (Å²) in [4.78, 5) is 11.8. The Labute approximate surface area is 109 Å². The van der Waals surface area contributed by atoms with Crippen LogP contribution in [-0.2, 0) is 17.8 Å². The quantitative estimate of drug-likeness (QED) is 0.744. The molecule has 2 atom stereocenters. The number of rotatable bonds is 4. The molecule has 1 heterocycles. The van der Waals surface area contributed by atoms with Crippen LogP contribution in [0.2, 0.25) is 0 Å². The van der Waals surface area contributed by atoms with E-state index in [0.29, 0.717) is 13.0 Å². The van der Waals surface area contributed by atoms with Gasteiger partial charge >= 0.3 is 0 Å². The molecule has 0 spiro atoms. The van der Waals surface area contributed by atoms with E-state index in [9.17, 15) is 13.6 Å². The van der Waals surface area contributed by atoms with Gasteiger partial charge < -0.3 is 15.7 Å². The van der Waals surface area contributed by atoms with Crippen molar-refractivity contribution in [2.24, 2.45) is 0 Å². The molecular formula is C13H16F2N2O2. The Morgan fingerprint density at radius 3 is 2.79 bits per heavy atom. The fourth-order valence-electron chi connectivity index (χ4n) is 2.06. The van der Waals surface area contributed by atoms with E-state index in [1.54, 1.807) is 0 Å². The minimum absolute atomic E-state index is 0.366. The highest BCUT2D eigenvalue weighted by atomic mass is 19.3. The molecule has 1 aliphatic heterocycles. The summed E-state index contributed by atoms with van der Waals surface area (Å²) in [6.45, 7) is 0.141. The third-order valence-corrected chi connectivity index (χ3v) is 3.17. The Kier molecular flexibility index (Phi) is 4.44. The first kappa shape index (κ1) is 13.9. The van der Waals surface area contributed by atoms with E-state index in [2.05, 4.69) is 10.6 Å². The molecule has 1 aromatic carbocycles. The topological polar surface area (TPSA) is 61.4 Å².